The summed E-state index contributed by atoms with van der Waals surface area (Å²) >= 11 is 5.83. The smallest absolute Gasteiger partial charge is 0.435 e. The predicted octanol–water partition coefficient (Wildman–Crippen LogP) is 5.65. The molecule has 0 saturated carbocycles. The number of imidazole rings is 1. The van der Waals surface area contributed by atoms with Gasteiger partial charge in [0.2, 0.25) is 0 Å². The molecule has 2 heterocycles. The lowest BCUT2D eigenvalue weighted by Gasteiger charge is -2.10. The van der Waals surface area contributed by atoms with Crippen LogP contribution in [0.15, 0.2) is 18.2 Å². The molecule has 5 nitrogen and oxygen atoms in total. The third kappa shape index (κ3) is 4.68. The molecule has 0 amide bonds. The fourth-order valence-corrected chi connectivity index (χ4v) is 2.51. The predicted molar refractivity (Wildman–Crippen MR) is 83.7 cm³/mol. The molecule has 0 atom stereocenters. The van der Waals surface area contributed by atoms with Crippen LogP contribution in [0.1, 0.15) is 11.3 Å². The van der Waals surface area contributed by atoms with Crippen LogP contribution >= 0.6 is 11.6 Å². The molecular formula is C15H6ClF9N4O. The molecule has 3 rings (SSSR count). The summed E-state index contributed by atoms with van der Waals surface area (Å²) in [6.45, 7) is -1.97. The molecule has 0 fully saturated rings. The molecule has 0 radical (unpaired) electrons. The van der Waals surface area contributed by atoms with Gasteiger partial charge in [0, 0.05) is 5.56 Å². The fraction of sp³-hybridized carbons (Fsp3) is 0.267. The Balaban J connectivity index is 2.16. The molecule has 15 heteroatoms. The third-order valence-electron chi connectivity index (χ3n) is 3.51. The van der Waals surface area contributed by atoms with Crippen LogP contribution in [-0.4, -0.2) is 32.7 Å². The monoisotopic (exact) mass is 464 g/mol. The average molecular weight is 465 g/mol. The van der Waals surface area contributed by atoms with E-state index in [2.05, 4.69) is 24.7 Å². The highest BCUT2D eigenvalue weighted by Crippen LogP contribution is 2.38. The van der Waals surface area contributed by atoms with Gasteiger partial charge in [-0.25, -0.2) is 4.98 Å². The number of alkyl halides is 9. The van der Waals surface area contributed by atoms with E-state index < -0.39 is 65.0 Å². The fourth-order valence-electron chi connectivity index (χ4n) is 2.30. The molecule has 0 unspecified atom stereocenters. The van der Waals surface area contributed by atoms with Crippen molar-refractivity contribution < 1.29 is 44.3 Å². The third-order valence-corrected chi connectivity index (χ3v) is 3.84. The number of benzene rings is 1. The van der Waals surface area contributed by atoms with Crippen LogP contribution < -0.4 is 4.74 Å². The summed E-state index contributed by atoms with van der Waals surface area (Å²) in [5, 5.41) is -0.280. The Kier molecular flexibility index (Phi) is 5.25. The Morgan fingerprint density at radius 2 is 1.57 bits per heavy atom. The molecule has 0 aliphatic carbocycles. The maximum atomic E-state index is 13.3. The summed E-state index contributed by atoms with van der Waals surface area (Å²) in [4.78, 5) is 12.0. The first-order chi connectivity index (χ1) is 13.6. The van der Waals surface area contributed by atoms with E-state index >= 15 is 0 Å². The summed E-state index contributed by atoms with van der Waals surface area (Å²) in [5.41, 5.74) is -4.93. The van der Waals surface area contributed by atoms with Gasteiger partial charge in [0.15, 0.2) is 17.9 Å². The molecule has 162 valence electrons. The lowest BCUT2D eigenvalue weighted by atomic mass is 10.1. The van der Waals surface area contributed by atoms with E-state index in [1.54, 1.807) is 0 Å². The molecule has 30 heavy (non-hydrogen) atoms. The summed E-state index contributed by atoms with van der Waals surface area (Å²) in [6.07, 6.45) is -14.8. The average Bonchev–Trinajstić information content (AvgIpc) is 3.00. The summed E-state index contributed by atoms with van der Waals surface area (Å²) in [5.74, 6) is -0.533. The number of nitrogens with zero attached hydrogens (tertiary/aromatic N) is 3. The number of rotatable bonds is 3. The van der Waals surface area contributed by atoms with Gasteiger partial charge in [-0.1, -0.05) is 11.6 Å². The Hall–Kier alpha value is -2.77. The quantitative estimate of drug-likeness (QED) is 0.509. The standard InChI is InChI=1S/C15H6ClF9N4O/c16-7-2-1-5(14(20,21)22)3-6(7)10-26-8-9(15(23,24)25)27-12(29-11(8)28-10)30-4-13(17,18)19/h1-3H,4H2,(H,26,27,28,29). The number of hydrogen-bond acceptors (Lipinski definition) is 4. The second-order valence-electron chi connectivity index (χ2n) is 5.73. The SMILES string of the molecule is FC(F)(F)COc1nc(C(F)(F)F)c2[nH]c(-c3cc(C(F)(F)F)ccc3Cl)nc2n1. The number of hydrogen-bond donors (Lipinski definition) is 1. The van der Waals surface area contributed by atoms with Gasteiger partial charge in [-0.05, 0) is 18.2 Å². The van der Waals surface area contributed by atoms with Gasteiger partial charge in [0.1, 0.15) is 11.3 Å². The number of aromatic amines is 1. The van der Waals surface area contributed by atoms with Crippen molar-refractivity contribution in [2.75, 3.05) is 6.61 Å². The van der Waals surface area contributed by atoms with E-state index in [1.165, 1.54) is 0 Å². The minimum absolute atomic E-state index is 0.280. The molecule has 1 aromatic carbocycles. The molecule has 3 aromatic rings. The number of nitrogens with one attached hydrogen (secondary N) is 1. The van der Waals surface area contributed by atoms with E-state index in [0.29, 0.717) is 12.1 Å². The van der Waals surface area contributed by atoms with Gasteiger partial charge in [-0.3, -0.25) is 0 Å². The maximum absolute atomic E-state index is 13.3. The summed E-state index contributed by atoms with van der Waals surface area (Å²) < 4.78 is 120. The Bertz CT molecular complexity index is 1090. The van der Waals surface area contributed by atoms with E-state index in [0.717, 1.165) is 6.07 Å². The first kappa shape index (κ1) is 21.9. The Morgan fingerprint density at radius 3 is 2.13 bits per heavy atom. The van der Waals surface area contributed by atoms with Gasteiger partial charge in [0.25, 0.3) is 0 Å². The van der Waals surface area contributed by atoms with Crippen molar-refractivity contribution >= 4 is 22.8 Å². The minimum Gasteiger partial charge on any atom is -0.454 e. The molecular weight excluding hydrogens is 459 g/mol. The number of ether oxygens (including phenoxy) is 1. The summed E-state index contributed by atoms with van der Waals surface area (Å²) in [7, 11) is 0. The van der Waals surface area contributed by atoms with Crippen molar-refractivity contribution in [3.63, 3.8) is 0 Å². The zero-order valence-corrected chi connectivity index (χ0v) is 14.7. The molecule has 0 bridgehead atoms. The normalized spacial score (nSPS) is 13.1. The van der Waals surface area contributed by atoms with Crippen LogP contribution in [0, 0.1) is 0 Å². The van der Waals surface area contributed by atoms with Crippen LogP contribution in [0.3, 0.4) is 0 Å². The van der Waals surface area contributed by atoms with E-state index in [9.17, 15) is 39.5 Å². The molecule has 2 aromatic heterocycles. The molecule has 0 aliphatic heterocycles. The van der Waals surface area contributed by atoms with Crippen LogP contribution in [0.5, 0.6) is 6.01 Å². The highest BCUT2D eigenvalue weighted by atomic mass is 35.5. The second-order valence-corrected chi connectivity index (χ2v) is 6.14. The number of fused-ring (bicyclic) bond motifs is 1. The first-order valence-corrected chi connectivity index (χ1v) is 7.94. The number of halogens is 10. The van der Waals surface area contributed by atoms with E-state index in [-0.39, 0.29) is 5.02 Å². The lowest BCUT2D eigenvalue weighted by molar-refractivity contribution is -0.155. The molecule has 1 N–H and O–H groups in total. The van der Waals surface area contributed by atoms with E-state index in [1.807, 2.05) is 0 Å². The van der Waals surface area contributed by atoms with Gasteiger partial charge >= 0.3 is 24.5 Å². The molecule has 0 saturated heterocycles. The van der Waals surface area contributed by atoms with Crippen LogP contribution in [0.4, 0.5) is 39.5 Å². The zero-order chi connectivity index (χ0) is 22.5. The van der Waals surface area contributed by atoms with Crippen molar-refractivity contribution in [1.82, 2.24) is 19.9 Å². The number of H-pyrrole nitrogens is 1. The van der Waals surface area contributed by atoms with E-state index in [4.69, 9.17) is 11.6 Å². The van der Waals surface area contributed by atoms with Gasteiger partial charge in [-0.15, -0.1) is 0 Å². The Labute approximate surface area is 164 Å². The molecule has 0 spiro atoms. The minimum atomic E-state index is -5.17. The highest BCUT2D eigenvalue weighted by Gasteiger charge is 2.38. The highest BCUT2D eigenvalue weighted by molar-refractivity contribution is 6.33. The van der Waals surface area contributed by atoms with Gasteiger partial charge in [-0.2, -0.15) is 49.5 Å². The van der Waals surface area contributed by atoms with Crippen molar-refractivity contribution in [2.45, 2.75) is 18.5 Å². The lowest BCUT2D eigenvalue weighted by Crippen LogP contribution is -2.21. The van der Waals surface area contributed by atoms with Gasteiger partial charge in [0.05, 0.1) is 10.6 Å². The maximum Gasteiger partial charge on any atom is 0.435 e. The largest absolute Gasteiger partial charge is 0.454 e. The first-order valence-electron chi connectivity index (χ1n) is 7.57. The van der Waals surface area contributed by atoms with Crippen LogP contribution in [-0.2, 0) is 12.4 Å². The topological polar surface area (TPSA) is 63.7 Å². The second kappa shape index (κ2) is 7.18. The zero-order valence-electron chi connectivity index (χ0n) is 14.0. The van der Waals surface area contributed by atoms with Crippen molar-refractivity contribution in [3.8, 4) is 17.4 Å². The molecule has 0 aliphatic rings. The number of aromatic nitrogens is 4. The van der Waals surface area contributed by atoms with Crippen molar-refractivity contribution in [3.05, 3.63) is 34.5 Å². The van der Waals surface area contributed by atoms with Crippen LogP contribution in [0.2, 0.25) is 5.02 Å². The Morgan fingerprint density at radius 1 is 0.900 bits per heavy atom. The van der Waals surface area contributed by atoms with Crippen molar-refractivity contribution in [1.29, 1.82) is 0 Å². The van der Waals surface area contributed by atoms with Gasteiger partial charge < -0.3 is 9.72 Å². The summed E-state index contributed by atoms with van der Waals surface area (Å²) in [6, 6.07) is 0.793. The van der Waals surface area contributed by atoms with Crippen molar-refractivity contribution in [2.24, 2.45) is 0 Å². The van der Waals surface area contributed by atoms with Crippen LogP contribution in [0.25, 0.3) is 22.6 Å².